The summed E-state index contributed by atoms with van der Waals surface area (Å²) in [6.07, 6.45) is 2.44. The minimum Gasteiger partial charge on any atom is -0.493 e. The quantitative estimate of drug-likeness (QED) is 0.235. The molecule has 0 fully saturated rings. The molecular formula is C29H32N2O9. The summed E-state index contributed by atoms with van der Waals surface area (Å²) in [6, 6.07) is 15.2. The summed E-state index contributed by atoms with van der Waals surface area (Å²) in [6.45, 7) is 1.03. The van der Waals surface area contributed by atoms with Gasteiger partial charge in [-0.3, -0.25) is 9.88 Å². The first-order valence-corrected chi connectivity index (χ1v) is 12.3. The molecule has 0 saturated carbocycles. The number of carbonyl (C=O) groups is 3. The summed E-state index contributed by atoms with van der Waals surface area (Å²) in [5.74, 6) is -0.437. The fourth-order valence-electron chi connectivity index (χ4n) is 4.10. The lowest BCUT2D eigenvalue weighted by Crippen LogP contribution is -2.50. The van der Waals surface area contributed by atoms with Gasteiger partial charge in [-0.15, -0.1) is 0 Å². The molecule has 2 aromatic carbocycles. The Morgan fingerprint density at radius 1 is 0.825 bits per heavy atom. The van der Waals surface area contributed by atoms with Gasteiger partial charge in [-0.2, -0.15) is 0 Å². The van der Waals surface area contributed by atoms with Crippen LogP contribution in [0, 0.1) is 0 Å². The summed E-state index contributed by atoms with van der Waals surface area (Å²) < 4.78 is 32.0. The van der Waals surface area contributed by atoms with Gasteiger partial charge in [-0.25, -0.2) is 14.4 Å². The van der Waals surface area contributed by atoms with E-state index in [4.69, 9.17) is 28.4 Å². The molecule has 0 radical (unpaired) electrons. The number of methoxy groups -OCH3 is 3. The number of ether oxygens (including phenoxy) is 6. The van der Waals surface area contributed by atoms with E-state index in [1.807, 2.05) is 37.3 Å². The third-order valence-corrected chi connectivity index (χ3v) is 6.42. The monoisotopic (exact) mass is 552 g/mol. The third-order valence-electron chi connectivity index (χ3n) is 6.42. The highest BCUT2D eigenvalue weighted by Crippen LogP contribution is 2.39. The molecule has 40 heavy (non-hydrogen) atoms. The van der Waals surface area contributed by atoms with Gasteiger partial charge >= 0.3 is 18.0 Å². The van der Waals surface area contributed by atoms with Crippen molar-refractivity contribution in [1.82, 2.24) is 9.88 Å². The number of aromatic nitrogens is 1. The Labute approximate surface area is 232 Å². The summed E-state index contributed by atoms with van der Waals surface area (Å²) in [7, 11) is 5.87. The van der Waals surface area contributed by atoms with Crippen molar-refractivity contribution in [3.63, 3.8) is 0 Å². The van der Waals surface area contributed by atoms with Gasteiger partial charge in [0.1, 0.15) is 12.1 Å². The number of hydrogen-bond donors (Lipinski definition) is 0. The molecule has 11 heteroatoms. The standard InChI is InChI=1S/C29H32N2O9/c1-6-29(22-12-8-7-9-13-22,31(2)28(34)40-19-39-26(32)20-11-10-14-30-17-20)18-38-27(33)21-15-23(35-3)25(37-5)24(16-21)36-4/h7-17H,6,18-19H2,1-5H3. The predicted molar refractivity (Wildman–Crippen MR) is 144 cm³/mol. The zero-order chi connectivity index (χ0) is 29.1. The van der Waals surface area contributed by atoms with E-state index >= 15 is 0 Å². The zero-order valence-corrected chi connectivity index (χ0v) is 23.0. The maximum atomic E-state index is 13.2. The van der Waals surface area contributed by atoms with Gasteiger partial charge in [-0.1, -0.05) is 37.3 Å². The van der Waals surface area contributed by atoms with Crippen LogP contribution in [-0.2, 0) is 19.7 Å². The Balaban J connectivity index is 1.80. The predicted octanol–water partition coefficient (Wildman–Crippen LogP) is 4.45. The molecule has 1 aromatic heterocycles. The average Bonchev–Trinajstić information content (AvgIpc) is 3.01. The van der Waals surface area contributed by atoms with E-state index in [0.29, 0.717) is 29.2 Å². The van der Waals surface area contributed by atoms with Crippen molar-refractivity contribution in [2.75, 3.05) is 41.8 Å². The van der Waals surface area contributed by atoms with Crippen LogP contribution in [0.15, 0.2) is 67.0 Å². The molecule has 0 N–H and O–H groups in total. The molecule has 0 saturated heterocycles. The normalized spacial score (nSPS) is 11.9. The first-order valence-electron chi connectivity index (χ1n) is 12.3. The molecule has 1 unspecified atom stereocenters. The number of hydrogen-bond acceptors (Lipinski definition) is 10. The maximum absolute atomic E-state index is 13.2. The first-order chi connectivity index (χ1) is 19.3. The molecule has 1 amide bonds. The highest BCUT2D eigenvalue weighted by atomic mass is 16.7. The molecule has 0 spiro atoms. The van der Waals surface area contributed by atoms with Gasteiger partial charge in [0.15, 0.2) is 11.5 Å². The highest BCUT2D eigenvalue weighted by Gasteiger charge is 2.40. The van der Waals surface area contributed by atoms with Crippen LogP contribution in [0.25, 0.3) is 0 Å². The van der Waals surface area contributed by atoms with Crippen LogP contribution in [0.1, 0.15) is 39.6 Å². The summed E-state index contributed by atoms with van der Waals surface area (Å²) in [4.78, 5) is 43.6. The van der Waals surface area contributed by atoms with Gasteiger partial charge in [0.25, 0.3) is 0 Å². The van der Waals surface area contributed by atoms with E-state index in [0.717, 1.165) is 0 Å². The smallest absolute Gasteiger partial charge is 0.413 e. The van der Waals surface area contributed by atoms with Gasteiger partial charge in [0.2, 0.25) is 12.5 Å². The van der Waals surface area contributed by atoms with E-state index in [-0.39, 0.29) is 17.7 Å². The van der Waals surface area contributed by atoms with Gasteiger partial charge < -0.3 is 28.4 Å². The van der Waals surface area contributed by atoms with Crippen LogP contribution in [0.2, 0.25) is 0 Å². The average molecular weight is 553 g/mol. The molecule has 0 bridgehead atoms. The van der Waals surface area contributed by atoms with Crippen LogP contribution in [-0.4, -0.2) is 69.7 Å². The van der Waals surface area contributed by atoms with E-state index < -0.39 is 30.4 Å². The number of esters is 2. The lowest BCUT2D eigenvalue weighted by molar-refractivity contribution is -0.0328. The molecular weight excluding hydrogens is 520 g/mol. The summed E-state index contributed by atoms with van der Waals surface area (Å²) >= 11 is 0. The lowest BCUT2D eigenvalue weighted by Gasteiger charge is -2.40. The van der Waals surface area contributed by atoms with Crippen molar-refractivity contribution in [3.8, 4) is 17.2 Å². The molecule has 11 nitrogen and oxygen atoms in total. The number of pyridine rings is 1. The Bertz CT molecular complexity index is 1280. The van der Waals surface area contributed by atoms with E-state index in [1.54, 1.807) is 6.07 Å². The number of benzene rings is 2. The zero-order valence-electron chi connectivity index (χ0n) is 23.0. The Morgan fingerprint density at radius 3 is 2.02 bits per heavy atom. The maximum Gasteiger partial charge on any atom is 0.413 e. The van der Waals surface area contributed by atoms with Crippen molar-refractivity contribution in [1.29, 1.82) is 0 Å². The van der Waals surface area contributed by atoms with Gasteiger partial charge in [0.05, 0.1) is 32.5 Å². The van der Waals surface area contributed by atoms with Gasteiger partial charge in [-0.05, 0) is 36.2 Å². The van der Waals surface area contributed by atoms with Crippen LogP contribution in [0.4, 0.5) is 4.79 Å². The fraction of sp³-hybridized carbons (Fsp3) is 0.310. The topological polar surface area (TPSA) is 123 Å². The lowest BCUT2D eigenvalue weighted by atomic mass is 9.86. The fourth-order valence-corrected chi connectivity index (χ4v) is 4.10. The molecule has 0 aliphatic rings. The molecule has 3 aromatic rings. The number of carbonyl (C=O) groups excluding carboxylic acids is 3. The van der Waals surface area contributed by atoms with Crippen LogP contribution >= 0.6 is 0 Å². The number of likely N-dealkylation sites (N-methyl/N-ethyl adjacent to an activating group) is 1. The van der Waals surface area contributed by atoms with Crippen LogP contribution in [0.3, 0.4) is 0 Å². The van der Waals surface area contributed by atoms with E-state index in [9.17, 15) is 14.4 Å². The molecule has 212 valence electrons. The summed E-state index contributed by atoms with van der Waals surface area (Å²) in [5, 5.41) is 0. The minimum atomic E-state index is -1.11. The highest BCUT2D eigenvalue weighted by molar-refractivity contribution is 5.91. The molecule has 1 atom stereocenters. The molecule has 1 heterocycles. The van der Waals surface area contributed by atoms with E-state index in [1.165, 1.54) is 63.9 Å². The van der Waals surface area contributed by atoms with Crippen molar-refractivity contribution >= 4 is 18.0 Å². The third kappa shape index (κ3) is 6.60. The minimum absolute atomic E-state index is 0.167. The second kappa shape index (κ2) is 13.8. The van der Waals surface area contributed by atoms with Crippen LogP contribution in [0.5, 0.6) is 17.2 Å². The Kier molecular flexibility index (Phi) is 10.3. The van der Waals surface area contributed by atoms with Crippen molar-refractivity contribution in [3.05, 3.63) is 83.7 Å². The van der Waals surface area contributed by atoms with Crippen LogP contribution < -0.4 is 14.2 Å². The molecule has 0 aliphatic carbocycles. The first kappa shape index (κ1) is 29.8. The number of amides is 1. The van der Waals surface area contributed by atoms with Crippen molar-refractivity contribution in [2.45, 2.75) is 18.9 Å². The van der Waals surface area contributed by atoms with E-state index in [2.05, 4.69) is 4.98 Å². The second-order valence-corrected chi connectivity index (χ2v) is 8.50. The second-order valence-electron chi connectivity index (χ2n) is 8.50. The molecule has 0 aliphatic heterocycles. The number of rotatable bonds is 12. The largest absolute Gasteiger partial charge is 0.493 e. The molecule has 3 rings (SSSR count). The summed E-state index contributed by atoms with van der Waals surface area (Å²) in [5.41, 5.74) is -0.0120. The SMILES string of the molecule is CCC(COC(=O)c1cc(OC)c(OC)c(OC)c1)(c1ccccc1)N(C)C(=O)OCOC(=O)c1cccnc1. The van der Waals surface area contributed by atoms with Crippen molar-refractivity contribution < 1.29 is 42.8 Å². The Morgan fingerprint density at radius 2 is 1.48 bits per heavy atom. The Hall–Kier alpha value is -4.80. The van der Waals surface area contributed by atoms with Gasteiger partial charge in [0, 0.05) is 19.4 Å². The van der Waals surface area contributed by atoms with Crippen molar-refractivity contribution in [2.24, 2.45) is 0 Å². The number of nitrogens with zero attached hydrogens (tertiary/aromatic N) is 2.